The molecule has 2 heterocycles. The second-order valence-corrected chi connectivity index (χ2v) is 7.92. The van der Waals surface area contributed by atoms with Gasteiger partial charge in [-0.25, -0.2) is 4.90 Å². The predicted octanol–water partition coefficient (Wildman–Crippen LogP) is 3.05. The van der Waals surface area contributed by atoms with Gasteiger partial charge in [0.25, 0.3) is 11.8 Å². The number of para-hydroxylation sites is 1. The van der Waals surface area contributed by atoms with Crippen molar-refractivity contribution in [3.8, 4) is 11.5 Å². The Hall–Kier alpha value is -4.18. The monoisotopic (exact) mass is 493 g/mol. The zero-order valence-corrected chi connectivity index (χ0v) is 20.2. The van der Waals surface area contributed by atoms with Gasteiger partial charge in [-0.2, -0.15) is 0 Å². The number of hydrogen-bond donors (Lipinski definition) is 1. The quantitative estimate of drug-likeness (QED) is 0.234. The van der Waals surface area contributed by atoms with E-state index in [-0.39, 0.29) is 29.8 Å². The summed E-state index contributed by atoms with van der Waals surface area (Å²) in [6.07, 6.45) is 3.20. The minimum Gasteiger partial charge on any atom is -0.497 e. The number of aromatic nitrogens is 1. The molecule has 0 radical (unpaired) electrons. The summed E-state index contributed by atoms with van der Waals surface area (Å²) in [6.45, 7) is 2.01. The number of anilines is 1. The number of nitrogens with one attached hydrogen (secondary N) is 1. The lowest BCUT2D eigenvalue weighted by Crippen LogP contribution is -2.54. The minimum atomic E-state index is -0.619. The molecule has 0 unspecified atom stereocenters. The normalized spacial score (nSPS) is 14.9. The molecule has 1 saturated heterocycles. The van der Waals surface area contributed by atoms with Crippen molar-refractivity contribution in [2.24, 2.45) is 0 Å². The van der Waals surface area contributed by atoms with Gasteiger partial charge in [0.1, 0.15) is 23.6 Å². The van der Waals surface area contributed by atoms with E-state index in [0.717, 1.165) is 10.9 Å². The smallest absolute Gasteiger partial charge is 0.325 e. The van der Waals surface area contributed by atoms with Crippen LogP contribution in [-0.2, 0) is 25.7 Å². The summed E-state index contributed by atoms with van der Waals surface area (Å²) in [5.74, 6) is -0.728. The fraction of sp³-hybridized carbons (Fsp3) is 0.200. The summed E-state index contributed by atoms with van der Waals surface area (Å²) in [7, 11) is 2.98. The summed E-state index contributed by atoms with van der Waals surface area (Å²) in [5, 5.41) is 3.28. The molecule has 0 saturated carbocycles. The molecule has 2 amide bonds. The number of ether oxygens (including phenoxy) is 3. The van der Waals surface area contributed by atoms with E-state index in [9.17, 15) is 14.4 Å². The van der Waals surface area contributed by atoms with Crippen LogP contribution in [0.3, 0.4) is 0 Å². The van der Waals surface area contributed by atoms with E-state index in [4.69, 9.17) is 26.4 Å². The molecule has 180 valence electrons. The van der Waals surface area contributed by atoms with Gasteiger partial charge in [-0.3, -0.25) is 19.7 Å². The third-order valence-electron chi connectivity index (χ3n) is 5.45. The molecule has 1 fully saturated rings. The maximum atomic E-state index is 13.5. The largest absolute Gasteiger partial charge is 0.497 e. The molecule has 4 rings (SSSR count). The zero-order valence-electron chi connectivity index (χ0n) is 19.4. The van der Waals surface area contributed by atoms with Crippen LogP contribution in [0.25, 0.3) is 17.0 Å². The van der Waals surface area contributed by atoms with Crippen LogP contribution in [0.15, 0.2) is 54.2 Å². The molecule has 35 heavy (non-hydrogen) atoms. The van der Waals surface area contributed by atoms with E-state index in [1.807, 2.05) is 24.3 Å². The molecule has 1 aliphatic heterocycles. The third-order valence-corrected chi connectivity index (χ3v) is 5.74. The highest BCUT2D eigenvalue weighted by molar-refractivity contribution is 7.80. The summed E-state index contributed by atoms with van der Waals surface area (Å²) in [6, 6.07) is 12.3. The van der Waals surface area contributed by atoms with Crippen LogP contribution < -0.4 is 19.7 Å². The van der Waals surface area contributed by atoms with Gasteiger partial charge in [-0.05, 0) is 43.4 Å². The van der Waals surface area contributed by atoms with Crippen molar-refractivity contribution >= 4 is 57.8 Å². The zero-order chi connectivity index (χ0) is 25.1. The van der Waals surface area contributed by atoms with E-state index < -0.39 is 11.8 Å². The van der Waals surface area contributed by atoms with Crippen LogP contribution >= 0.6 is 12.2 Å². The molecular formula is C25H23N3O6S. The average Bonchev–Trinajstić information content (AvgIpc) is 3.19. The molecule has 0 aliphatic carbocycles. The number of esters is 1. The highest BCUT2D eigenvalue weighted by Crippen LogP contribution is 2.35. The van der Waals surface area contributed by atoms with Crippen molar-refractivity contribution in [1.82, 2.24) is 9.88 Å². The highest BCUT2D eigenvalue weighted by atomic mass is 32.1. The van der Waals surface area contributed by atoms with Crippen LogP contribution in [0.1, 0.15) is 12.5 Å². The molecular weight excluding hydrogens is 470 g/mol. The van der Waals surface area contributed by atoms with Crippen molar-refractivity contribution in [2.75, 3.05) is 25.7 Å². The van der Waals surface area contributed by atoms with Gasteiger partial charge >= 0.3 is 5.97 Å². The summed E-state index contributed by atoms with van der Waals surface area (Å²) >= 11 is 5.31. The van der Waals surface area contributed by atoms with E-state index in [1.54, 1.807) is 35.9 Å². The van der Waals surface area contributed by atoms with E-state index in [0.29, 0.717) is 22.7 Å². The van der Waals surface area contributed by atoms with Crippen molar-refractivity contribution in [2.45, 2.75) is 13.5 Å². The standard InChI is InChI=1S/C25H23N3O6S/c1-4-34-22(29)14-27-13-15(17-7-5-6-8-19(17)27)11-18-23(30)26-25(35)28(24(18)31)20-10-9-16(32-2)12-21(20)33-3/h5-13H,4,14H2,1-3H3,(H,26,30,35)/b18-11+. The molecule has 0 spiro atoms. The van der Waals surface area contributed by atoms with Crippen molar-refractivity contribution < 1.29 is 28.6 Å². The Labute approximate surface area is 206 Å². The number of carbonyl (C=O) groups is 3. The second-order valence-electron chi connectivity index (χ2n) is 7.53. The van der Waals surface area contributed by atoms with Gasteiger partial charge in [0.05, 0.1) is 26.5 Å². The fourth-order valence-electron chi connectivity index (χ4n) is 3.87. The van der Waals surface area contributed by atoms with Gasteiger partial charge in [0, 0.05) is 28.7 Å². The number of thiocarbonyl (C=S) groups is 1. The maximum absolute atomic E-state index is 13.5. The molecule has 1 N–H and O–H groups in total. The second kappa shape index (κ2) is 9.98. The van der Waals surface area contributed by atoms with Crippen molar-refractivity contribution in [3.05, 3.63) is 59.8 Å². The molecule has 10 heteroatoms. The number of methoxy groups -OCH3 is 2. The molecule has 2 aromatic carbocycles. The maximum Gasteiger partial charge on any atom is 0.325 e. The molecule has 9 nitrogen and oxygen atoms in total. The predicted molar refractivity (Wildman–Crippen MR) is 134 cm³/mol. The number of nitrogens with zero attached hydrogens (tertiary/aromatic N) is 2. The van der Waals surface area contributed by atoms with E-state index in [1.165, 1.54) is 25.2 Å². The molecule has 3 aromatic rings. The van der Waals surface area contributed by atoms with Gasteiger partial charge in [-0.15, -0.1) is 0 Å². The number of amides is 2. The SMILES string of the molecule is CCOC(=O)Cn1cc(/C=C2\C(=O)NC(=S)N(c3ccc(OC)cc3OC)C2=O)c2ccccc21. The number of fused-ring (bicyclic) bond motifs is 1. The first kappa shape index (κ1) is 24.0. The first-order chi connectivity index (χ1) is 16.9. The van der Waals surface area contributed by atoms with E-state index >= 15 is 0 Å². The highest BCUT2D eigenvalue weighted by Gasteiger charge is 2.36. The molecule has 1 aromatic heterocycles. The van der Waals surface area contributed by atoms with Gasteiger partial charge in [-0.1, -0.05) is 18.2 Å². The Morgan fingerprint density at radius 3 is 2.60 bits per heavy atom. The van der Waals surface area contributed by atoms with Crippen LogP contribution in [0.5, 0.6) is 11.5 Å². The number of benzene rings is 2. The lowest BCUT2D eigenvalue weighted by Gasteiger charge is -2.30. The minimum absolute atomic E-state index is 0.00305. The Balaban J connectivity index is 1.77. The Kier molecular flexibility index (Phi) is 6.83. The summed E-state index contributed by atoms with van der Waals surface area (Å²) < 4.78 is 17.4. The lowest BCUT2D eigenvalue weighted by atomic mass is 10.1. The van der Waals surface area contributed by atoms with E-state index in [2.05, 4.69) is 5.32 Å². The lowest BCUT2D eigenvalue weighted by molar-refractivity contribution is -0.143. The molecule has 0 bridgehead atoms. The van der Waals surface area contributed by atoms with Crippen molar-refractivity contribution in [3.63, 3.8) is 0 Å². The van der Waals surface area contributed by atoms with Crippen molar-refractivity contribution in [1.29, 1.82) is 0 Å². The van der Waals surface area contributed by atoms with Crippen LogP contribution in [0, 0.1) is 0 Å². The molecule has 0 atom stereocenters. The Morgan fingerprint density at radius 2 is 1.89 bits per heavy atom. The summed E-state index contributed by atoms with van der Waals surface area (Å²) in [5.41, 5.74) is 1.60. The number of hydrogen-bond acceptors (Lipinski definition) is 7. The van der Waals surface area contributed by atoms with Gasteiger partial charge in [0.2, 0.25) is 0 Å². The van der Waals surface area contributed by atoms with Gasteiger partial charge < -0.3 is 18.8 Å². The summed E-state index contributed by atoms with van der Waals surface area (Å²) in [4.78, 5) is 39.6. The molecule has 1 aliphatic rings. The fourth-order valence-corrected chi connectivity index (χ4v) is 4.14. The average molecular weight is 494 g/mol. The Morgan fingerprint density at radius 1 is 1.11 bits per heavy atom. The van der Waals surface area contributed by atoms with Gasteiger partial charge in [0.15, 0.2) is 5.11 Å². The number of carbonyl (C=O) groups excluding carboxylic acids is 3. The first-order valence-electron chi connectivity index (χ1n) is 10.7. The first-order valence-corrected chi connectivity index (χ1v) is 11.2. The van der Waals surface area contributed by atoms with Crippen LogP contribution in [-0.4, -0.2) is 48.3 Å². The van der Waals surface area contributed by atoms with Crippen LogP contribution in [0.2, 0.25) is 0 Å². The van der Waals surface area contributed by atoms with Crippen LogP contribution in [0.4, 0.5) is 5.69 Å². The number of rotatable bonds is 7. The third kappa shape index (κ3) is 4.60. The Bertz CT molecular complexity index is 1380. The topological polar surface area (TPSA) is 99.1 Å².